The highest BCUT2D eigenvalue weighted by atomic mass is 28.3. The lowest BCUT2D eigenvalue weighted by Gasteiger charge is -2.06. The van der Waals surface area contributed by atoms with Crippen molar-refractivity contribution in [2.75, 3.05) is 6.61 Å². The molecule has 1 aromatic rings. The van der Waals surface area contributed by atoms with Gasteiger partial charge in [0.1, 0.15) is 8.07 Å². The number of benzene rings is 1. The minimum absolute atomic E-state index is 0.273. The van der Waals surface area contributed by atoms with Crippen LogP contribution in [-0.2, 0) is 4.74 Å². The minimum atomic E-state index is -1.36. The second-order valence-electron chi connectivity index (χ2n) is 5.25. The molecule has 3 heteroatoms. The molecule has 0 saturated carbocycles. The third kappa shape index (κ3) is 4.38. The summed E-state index contributed by atoms with van der Waals surface area (Å²) in [5, 5.41) is 0. The molecule has 0 aliphatic rings. The normalized spacial score (nSPS) is 10.5. The third-order valence-corrected chi connectivity index (χ3v) is 3.18. The highest BCUT2D eigenvalue weighted by Gasteiger charge is 2.09. The monoisotopic (exact) mass is 260 g/mol. The standard InChI is InChI=1S/C15H20O2Si/c1-6-17-15(16)14-8-7-13(12(2)11-14)9-10-18(3,4)5/h7-8,11H,6H2,1-5H3. The molecular formula is C15H20O2Si. The van der Waals surface area contributed by atoms with Gasteiger partial charge in [-0.2, -0.15) is 0 Å². The summed E-state index contributed by atoms with van der Waals surface area (Å²) in [5.74, 6) is 2.94. The molecule has 0 amide bonds. The summed E-state index contributed by atoms with van der Waals surface area (Å²) in [5.41, 5.74) is 5.93. The molecule has 0 fully saturated rings. The lowest BCUT2D eigenvalue weighted by atomic mass is 10.1. The Morgan fingerprint density at radius 1 is 1.33 bits per heavy atom. The smallest absolute Gasteiger partial charge is 0.338 e. The lowest BCUT2D eigenvalue weighted by Crippen LogP contribution is -2.16. The van der Waals surface area contributed by atoms with Crippen molar-refractivity contribution < 1.29 is 9.53 Å². The predicted octanol–water partition coefficient (Wildman–Crippen LogP) is 3.40. The van der Waals surface area contributed by atoms with Gasteiger partial charge in [-0.3, -0.25) is 0 Å². The van der Waals surface area contributed by atoms with Crippen molar-refractivity contribution in [3.05, 3.63) is 34.9 Å². The Hall–Kier alpha value is -1.53. The van der Waals surface area contributed by atoms with Gasteiger partial charge in [0.25, 0.3) is 0 Å². The number of carbonyl (C=O) groups excluding carboxylic acids is 1. The van der Waals surface area contributed by atoms with E-state index in [0.29, 0.717) is 12.2 Å². The molecule has 0 heterocycles. The van der Waals surface area contributed by atoms with Crippen molar-refractivity contribution >= 4 is 14.0 Å². The van der Waals surface area contributed by atoms with Gasteiger partial charge in [-0.1, -0.05) is 25.6 Å². The largest absolute Gasteiger partial charge is 0.462 e. The van der Waals surface area contributed by atoms with Gasteiger partial charge in [0.15, 0.2) is 0 Å². The summed E-state index contributed by atoms with van der Waals surface area (Å²) in [6.45, 7) is 10.8. The van der Waals surface area contributed by atoms with E-state index in [-0.39, 0.29) is 5.97 Å². The van der Waals surface area contributed by atoms with Gasteiger partial charge in [-0.15, -0.1) is 5.54 Å². The minimum Gasteiger partial charge on any atom is -0.462 e. The van der Waals surface area contributed by atoms with Gasteiger partial charge in [-0.25, -0.2) is 4.79 Å². The van der Waals surface area contributed by atoms with Crippen LogP contribution in [-0.4, -0.2) is 20.7 Å². The van der Waals surface area contributed by atoms with Crippen molar-refractivity contribution in [2.45, 2.75) is 33.5 Å². The highest BCUT2D eigenvalue weighted by molar-refractivity contribution is 6.83. The molecule has 1 rings (SSSR count). The van der Waals surface area contributed by atoms with E-state index in [1.807, 2.05) is 19.1 Å². The molecule has 18 heavy (non-hydrogen) atoms. The van der Waals surface area contributed by atoms with Gasteiger partial charge >= 0.3 is 5.97 Å². The molecule has 0 unspecified atom stereocenters. The summed E-state index contributed by atoms with van der Waals surface area (Å²) in [6.07, 6.45) is 0. The molecule has 0 aliphatic carbocycles. The molecular weight excluding hydrogens is 240 g/mol. The van der Waals surface area contributed by atoms with E-state index in [0.717, 1.165) is 11.1 Å². The van der Waals surface area contributed by atoms with Crippen molar-refractivity contribution in [3.63, 3.8) is 0 Å². The van der Waals surface area contributed by atoms with Crippen LogP contribution in [0.3, 0.4) is 0 Å². The van der Waals surface area contributed by atoms with E-state index >= 15 is 0 Å². The van der Waals surface area contributed by atoms with Crippen LogP contribution in [0.5, 0.6) is 0 Å². The summed E-state index contributed by atoms with van der Waals surface area (Å²) >= 11 is 0. The molecule has 0 aromatic heterocycles. The lowest BCUT2D eigenvalue weighted by molar-refractivity contribution is 0.0526. The zero-order valence-electron chi connectivity index (χ0n) is 11.8. The fraction of sp³-hybridized carbons (Fsp3) is 0.400. The maximum absolute atomic E-state index is 11.6. The summed E-state index contributed by atoms with van der Waals surface area (Å²) < 4.78 is 4.97. The number of aryl methyl sites for hydroxylation is 1. The molecule has 0 bridgehead atoms. The maximum atomic E-state index is 11.6. The van der Waals surface area contributed by atoms with Gasteiger partial charge in [-0.05, 0) is 37.6 Å². The number of hydrogen-bond acceptors (Lipinski definition) is 2. The molecule has 0 spiro atoms. The molecule has 96 valence electrons. The summed E-state index contributed by atoms with van der Waals surface area (Å²) in [6, 6.07) is 5.51. The van der Waals surface area contributed by atoms with Crippen molar-refractivity contribution in [1.29, 1.82) is 0 Å². The second kappa shape index (κ2) is 5.88. The van der Waals surface area contributed by atoms with Crippen LogP contribution in [0.2, 0.25) is 19.6 Å². The average molecular weight is 260 g/mol. The molecule has 0 atom stereocenters. The van der Waals surface area contributed by atoms with Crippen LogP contribution in [0.4, 0.5) is 0 Å². The SMILES string of the molecule is CCOC(=O)c1ccc(C#C[Si](C)(C)C)c(C)c1. The van der Waals surface area contributed by atoms with E-state index in [2.05, 4.69) is 31.1 Å². The molecule has 1 aromatic carbocycles. The Labute approximate surface area is 110 Å². The first-order valence-electron chi connectivity index (χ1n) is 6.14. The first-order valence-corrected chi connectivity index (χ1v) is 9.64. The first kappa shape index (κ1) is 14.5. The maximum Gasteiger partial charge on any atom is 0.338 e. The van der Waals surface area contributed by atoms with Crippen molar-refractivity contribution in [1.82, 2.24) is 0 Å². The van der Waals surface area contributed by atoms with Crippen LogP contribution < -0.4 is 0 Å². The van der Waals surface area contributed by atoms with Gasteiger partial charge in [0.05, 0.1) is 12.2 Å². The van der Waals surface area contributed by atoms with Crippen molar-refractivity contribution in [2.24, 2.45) is 0 Å². The van der Waals surface area contributed by atoms with Gasteiger partial charge in [0, 0.05) is 5.56 Å². The van der Waals surface area contributed by atoms with Crippen LogP contribution in [0.1, 0.15) is 28.4 Å². The van der Waals surface area contributed by atoms with E-state index in [1.165, 1.54) is 0 Å². The van der Waals surface area contributed by atoms with Crippen LogP contribution in [0.15, 0.2) is 18.2 Å². The summed E-state index contributed by atoms with van der Waals surface area (Å²) in [7, 11) is -1.36. The number of hydrogen-bond donors (Lipinski definition) is 0. The van der Waals surface area contributed by atoms with E-state index in [9.17, 15) is 4.79 Å². The first-order chi connectivity index (χ1) is 8.33. The van der Waals surface area contributed by atoms with Crippen molar-refractivity contribution in [3.8, 4) is 11.5 Å². The average Bonchev–Trinajstić information content (AvgIpc) is 2.26. The van der Waals surface area contributed by atoms with Gasteiger partial charge < -0.3 is 4.74 Å². The van der Waals surface area contributed by atoms with Crippen LogP contribution >= 0.6 is 0 Å². The molecule has 0 radical (unpaired) electrons. The Balaban J connectivity index is 2.99. The molecule has 0 saturated heterocycles. The zero-order valence-corrected chi connectivity index (χ0v) is 12.8. The highest BCUT2D eigenvalue weighted by Crippen LogP contribution is 2.12. The Morgan fingerprint density at radius 2 is 2.00 bits per heavy atom. The number of ether oxygens (including phenoxy) is 1. The number of rotatable bonds is 2. The number of esters is 1. The molecule has 2 nitrogen and oxygen atoms in total. The summed E-state index contributed by atoms with van der Waals surface area (Å²) in [4.78, 5) is 11.6. The zero-order chi connectivity index (χ0) is 13.8. The van der Waals surface area contributed by atoms with Gasteiger partial charge in [0.2, 0.25) is 0 Å². The fourth-order valence-corrected chi connectivity index (χ4v) is 1.91. The topological polar surface area (TPSA) is 26.3 Å². The molecule has 0 N–H and O–H groups in total. The van der Waals surface area contributed by atoms with E-state index in [4.69, 9.17) is 4.74 Å². The van der Waals surface area contributed by atoms with E-state index in [1.54, 1.807) is 13.0 Å². The van der Waals surface area contributed by atoms with Crippen LogP contribution in [0.25, 0.3) is 0 Å². The van der Waals surface area contributed by atoms with Crippen LogP contribution in [0, 0.1) is 18.4 Å². The number of carbonyl (C=O) groups is 1. The Kier molecular flexibility index (Phi) is 4.74. The predicted molar refractivity (Wildman–Crippen MR) is 77.4 cm³/mol. The quantitative estimate of drug-likeness (QED) is 0.463. The third-order valence-electron chi connectivity index (χ3n) is 2.31. The Bertz CT molecular complexity index is 501. The van der Waals surface area contributed by atoms with E-state index < -0.39 is 8.07 Å². The Morgan fingerprint density at radius 3 is 2.50 bits per heavy atom. The fourth-order valence-electron chi connectivity index (χ4n) is 1.40. The second-order valence-corrected chi connectivity index (χ2v) is 10.0. The molecule has 0 aliphatic heterocycles.